The molecule has 0 aliphatic carbocycles. The van der Waals surface area contributed by atoms with E-state index in [9.17, 15) is 4.55 Å². The maximum absolute atomic E-state index is 11.7. The van der Waals surface area contributed by atoms with Gasteiger partial charge in [0.05, 0.1) is 11.2 Å². The minimum absolute atomic E-state index is 0.0552. The van der Waals surface area contributed by atoms with Crippen molar-refractivity contribution in [2.45, 2.75) is 11.2 Å². The summed E-state index contributed by atoms with van der Waals surface area (Å²) in [6, 6.07) is 0. The van der Waals surface area contributed by atoms with E-state index in [1.54, 1.807) is 0 Å². The fraction of sp³-hybridized carbons (Fsp3) is 1.00. The highest BCUT2D eigenvalue weighted by atomic mass is 32.2. The minimum atomic E-state index is -1.54. The Morgan fingerprint density at radius 3 is 1.50 bits per heavy atom. The molecule has 2 aliphatic rings. The molecule has 82 valence electrons. The van der Waals surface area contributed by atoms with Crippen LogP contribution >= 0.6 is 0 Å². The summed E-state index contributed by atoms with van der Waals surface area (Å²) < 4.78 is 40.9. The van der Waals surface area contributed by atoms with Crippen molar-refractivity contribution in [1.29, 1.82) is 0 Å². The summed E-state index contributed by atoms with van der Waals surface area (Å²) in [5.74, 6) is 0. The Morgan fingerprint density at radius 2 is 1.14 bits per heavy atom. The Kier molecular flexibility index (Phi) is 3.96. The highest BCUT2D eigenvalue weighted by Gasteiger charge is 2.38. The second kappa shape index (κ2) is 5.24. The van der Waals surface area contributed by atoms with Crippen molar-refractivity contribution in [3.63, 3.8) is 0 Å². The summed E-state index contributed by atoms with van der Waals surface area (Å²) in [5.41, 5.74) is -1.74. The predicted molar refractivity (Wildman–Crippen MR) is 41.7 cm³/mol. The van der Waals surface area contributed by atoms with Crippen LogP contribution in [0.4, 0.5) is 0 Å². The molecule has 7 nitrogen and oxygen atoms in total. The molecule has 2 rings (SSSR count). The van der Waals surface area contributed by atoms with Gasteiger partial charge in [0, 0.05) is 0 Å². The lowest BCUT2D eigenvalue weighted by Crippen LogP contribution is -2.44. The lowest BCUT2D eigenvalue weighted by molar-refractivity contribution is -0.283. The second-order valence-corrected chi connectivity index (χ2v) is 3.88. The molecule has 0 bridgehead atoms. The summed E-state index contributed by atoms with van der Waals surface area (Å²) in [7, 11) is 0. The molecule has 8 heteroatoms. The van der Waals surface area contributed by atoms with Crippen LogP contribution in [-0.4, -0.2) is 43.0 Å². The Labute approximate surface area is 83.3 Å². The summed E-state index contributed by atoms with van der Waals surface area (Å²) in [6.07, 6.45) is 0. The zero-order chi connectivity index (χ0) is 9.80. The summed E-state index contributed by atoms with van der Waals surface area (Å²) in [4.78, 5) is 0. The highest BCUT2D eigenvalue weighted by molar-refractivity contribution is 7.92. The van der Waals surface area contributed by atoms with Gasteiger partial charge in [-0.3, -0.25) is 18.9 Å². The smallest absolute Gasteiger partial charge is 0.337 e. The molecular weight excluding hydrogens is 216 g/mol. The van der Waals surface area contributed by atoms with Crippen LogP contribution in [0.2, 0.25) is 0 Å². The van der Waals surface area contributed by atoms with E-state index in [1.165, 1.54) is 0 Å². The molecular formula is C6H10O7S. The molecule has 0 unspecified atom stereocenters. The summed E-state index contributed by atoms with van der Waals surface area (Å²) in [5, 5.41) is 0. The fourth-order valence-electron chi connectivity index (χ4n) is 0.938. The molecule has 0 aromatic rings. The van der Waals surface area contributed by atoms with E-state index in [-0.39, 0.29) is 27.2 Å². The van der Waals surface area contributed by atoms with Gasteiger partial charge in [0.15, 0.2) is 27.2 Å². The van der Waals surface area contributed by atoms with E-state index in [0.717, 1.165) is 0 Å². The number of hydrogen-bond acceptors (Lipinski definition) is 7. The van der Waals surface area contributed by atoms with Crippen molar-refractivity contribution in [1.82, 2.24) is 0 Å². The van der Waals surface area contributed by atoms with Crippen molar-refractivity contribution in [2.24, 2.45) is 0 Å². The molecule has 14 heavy (non-hydrogen) atoms. The Morgan fingerprint density at radius 1 is 0.786 bits per heavy atom. The molecule has 0 saturated carbocycles. The second-order valence-electron chi connectivity index (χ2n) is 2.45. The maximum atomic E-state index is 11.7. The van der Waals surface area contributed by atoms with Gasteiger partial charge in [-0.1, -0.05) is 0 Å². The topological polar surface area (TPSA) is 78.4 Å². The van der Waals surface area contributed by atoms with Crippen LogP contribution in [0.25, 0.3) is 0 Å². The highest BCUT2D eigenvalue weighted by Crippen LogP contribution is 2.19. The molecule has 0 N–H and O–H groups in total. The Balaban J connectivity index is 1.82. The number of hydrogen-bond donors (Lipinski definition) is 0. The van der Waals surface area contributed by atoms with E-state index < -0.39 is 22.4 Å². The zero-order valence-electron chi connectivity index (χ0n) is 7.25. The maximum Gasteiger partial charge on any atom is 0.337 e. The molecule has 2 fully saturated rings. The molecule has 0 aromatic carbocycles. The number of ether oxygens (including phenoxy) is 6. The van der Waals surface area contributed by atoms with Crippen LogP contribution in [0.5, 0.6) is 0 Å². The normalized spacial score (nSPS) is 27.0. The molecule has 0 atom stereocenters. The molecule has 0 aromatic heterocycles. The summed E-state index contributed by atoms with van der Waals surface area (Å²) >= 11 is -1.54. The van der Waals surface area contributed by atoms with E-state index in [0.29, 0.717) is 0 Å². The third-order valence-corrected chi connectivity index (χ3v) is 2.83. The first-order valence-electron chi connectivity index (χ1n) is 3.89. The molecule has 2 heterocycles. The first-order valence-corrected chi connectivity index (χ1v) is 5.17. The Hall–Kier alpha value is 0.0700. The fourth-order valence-corrected chi connectivity index (χ4v) is 1.88. The predicted octanol–water partition coefficient (Wildman–Crippen LogP) is -0.741. The van der Waals surface area contributed by atoms with E-state index >= 15 is 0 Å². The van der Waals surface area contributed by atoms with E-state index in [1.807, 2.05) is 0 Å². The van der Waals surface area contributed by atoms with Crippen LogP contribution in [0.15, 0.2) is 0 Å². The van der Waals surface area contributed by atoms with Gasteiger partial charge in [0.2, 0.25) is 0 Å². The van der Waals surface area contributed by atoms with Crippen LogP contribution in [-0.2, 0) is 39.6 Å². The van der Waals surface area contributed by atoms with Crippen molar-refractivity contribution < 1.29 is 33.0 Å². The summed E-state index contributed by atoms with van der Waals surface area (Å²) in [6.45, 7) is 0.221. The van der Waals surface area contributed by atoms with Crippen molar-refractivity contribution in [3.05, 3.63) is 0 Å². The molecule has 0 amide bonds. The third kappa shape index (κ3) is 2.55. The van der Waals surface area contributed by atoms with Gasteiger partial charge >= 0.3 is 11.2 Å². The first kappa shape index (κ1) is 10.6. The first-order chi connectivity index (χ1) is 6.88. The lowest BCUT2D eigenvalue weighted by atomic mass is 11.2. The van der Waals surface area contributed by atoms with E-state index in [4.69, 9.17) is 28.4 Å². The van der Waals surface area contributed by atoms with Crippen molar-refractivity contribution >= 4 is 11.2 Å². The van der Waals surface area contributed by atoms with Crippen molar-refractivity contribution in [3.8, 4) is 0 Å². The third-order valence-electron chi connectivity index (χ3n) is 1.53. The molecule has 0 spiro atoms. The van der Waals surface area contributed by atoms with Gasteiger partial charge in [-0.25, -0.2) is 0 Å². The van der Waals surface area contributed by atoms with Gasteiger partial charge in [-0.2, -0.15) is 0 Å². The molecule has 2 saturated heterocycles. The monoisotopic (exact) mass is 226 g/mol. The van der Waals surface area contributed by atoms with Gasteiger partial charge < -0.3 is 14.0 Å². The SMILES string of the molecule is [O-][S+](C1OCOCO1)C1OCOCO1. The lowest BCUT2D eigenvalue weighted by Gasteiger charge is -2.30. The van der Waals surface area contributed by atoms with E-state index in [2.05, 4.69) is 0 Å². The quantitative estimate of drug-likeness (QED) is 0.574. The Bertz CT molecular complexity index is 150. The van der Waals surface area contributed by atoms with Gasteiger partial charge in [0.25, 0.3) is 0 Å². The number of rotatable bonds is 2. The van der Waals surface area contributed by atoms with Crippen LogP contribution < -0.4 is 0 Å². The zero-order valence-corrected chi connectivity index (χ0v) is 8.07. The van der Waals surface area contributed by atoms with Gasteiger partial charge in [-0.15, -0.1) is 0 Å². The van der Waals surface area contributed by atoms with Crippen LogP contribution in [0.3, 0.4) is 0 Å². The minimum Gasteiger partial charge on any atom is -0.608 e. The largest absolute Gasteiger partial charge is 0.608 e. The standard InChI is InChI=1S/C6H10O7S/c7-14(5-10-1-8-2-11-5)6-12-3-9-4-13-6/h5-6H,1-4H2. The van der Waals surface area contributed by atoms with Gasteiger partial charge in [0.1, 0.15) is 0 Å². The van der Waals surface area contributed by atoms with Crippen LogP contribution in [0, 0.1) is 0 Å². The van der Waals surface area contributed by atoms with Gasteiger partial charge in [-0.05, 0) is 0 Å². The molecule has 2 aliphatic heterocycles. The van der Waals surface area contributed by atoms with Crippen LogP contribution in [0.1, 0.15) is 0 Å². The average Bonchev–Trinajstić information content (AvgIpc) is 2.30. The van der Waals surface area contributed by atoms with Crippen molar-refractivity contribution in [2.75, 3.05) is 27.2 Å². The molecule has 0 radical (unpaired) electrons. The average molecular weight is 226 g/mol.